The van der Waals surface area contributed by atoms with Crippen LogP contribution in [-0.4, -0.2) is 23.1 Å². The predicted molar refractivity (Wildman–Crippen MR) is 51.0 cm³/mol. The van der Waals surface area contributed by atoms with Crippen LogP contribution in [0.5, 0.6) is 0 Å². The van der Waals surface area contributed by atoms with Crippen LogP contribution >= 0.6 is 11.8 Å². The van der Waals surface area contributed by atoms with E-state index in [0.29, 0.717) is 5.41 Å². The molecule has 0 radical (unpaired) electrons. The van der Waals surface area contributed by atoms with Crippen molar-refractivity contribution in [3.63, 3.8) is 0 Å². The molecule has 0 amide bonds. The minimum atomic E-state index is 0.447. The lowest BCUT2D eigenvalue weighted by Crippen LogP contribution is -2.60. The Morgan fingerprint density at radius 3 is 2.27 bits per heavy atom. The Morgan fingerprint density at radius 1 is 1.36 bits per heavy atom. The molecule has 0 aliphatic carbocycles. The zero-order chi connectivity index (χ0) is 8.06. The van der Waals surface area contributed by atoms with Gasteiger partial charge in [0.2, 0.25) is 0 Å². The fourth-order valence-corrected chi connectivity index (χ4v) is 3.75. The molecule has 3 heterocycles. The van der Waals surface area contributed by atoms with Crippen LogP contribution in [0, 0.1) is 5.41 Å². The van der Waals surface area contributed by atoms with Crippen LogP contribution in [0.4, 0.5) is 0 Å². The van der Waals surface area contributed by atoms with E-state index in [2.05, 4.69) is 37.8 Å². The van der Waals surface area contributed by atoms with Crippen molar-refractivity contribution >= 4 is 11.8 Å². The summed E-state index contributed by atoms with van der Waals surface area (Å²) < 4.78 is 0. The molecule has 3 rings (SSSR count). The van der Waals surface area contributed by atoms with E-state index in [1.807, 2.05) is 0 Å². The molecule has 3 saturated heterocycles. The quantitative estimate of drug-likeness (QED) is 0.597. The third kappa shape index (κ3) is 1.31. The van der Waals surface area contributed by atoms with E-state index in [0.717, 1.165) is 16.5 Å². The Hall–Kier alpha value is 0.310. The standard InChI is InChI=1S/C9H17NS/c1-9(2,3)8-7-4-6(11-7)5-10-8/h6-8,10H,4-5H2,1-3H3. The second kappa shape index (κ2) is 2.40. The molecule has 0 saturated carbocycles. The highest BCUT2D eigenvalue weighted by atomic mass is 32.2. The van der Waals surface area contributed by atoms with Gasteiger partial charge in [0.05, 0.1) is 0 Å². The first-order chi connectivity index (χ1) is 5.07. The lowest BCUT2D eigenvalue weighted by atomic mass is 9.81. The smallest absolute Gasteiger partial charge is 0.0235 e. The molecule has 3 atom stereocenters. The summed E-state index contributed by atoms with van der Waals surface area (Å²) in [5.74, 6) is 0. The molecule has 64 valence electrons. The Morgan fingerprint density at radius 2 is 2.00 bits per heavy atom. The third-order valence-electron chi connectivity index (χ3n) is 2.73. The highest BCUT2D eigenvalue weighted by Gasteiger charge is 2.45. The van der Waals surface area contributed by atoms with Crippen LogP contribution in [0.1, 0.15) is 27.2 Å². The lowest BCUT2D eigenvalue weighted by molar-refractivity contribution is 0.222. The van der Waals surface area contributed by atoms with E-state index in [1.165, 1.54) is 13.0 Å². The van der Waals surface area contributed by atoms with Gasteiger partial charge in [0, 0.05) is 23.1 Å². The topological polar surface area (TPSA) is 12.0 Å². The molecular formula is C9H17NS. The fourth-order valence-electron chi connectivity index (χ4n) is 2.10. The summed E-state index contributed by atoms with van der Waals surface area (Å²) in [5.41, 5.74) is 0.447. The summed E-state index contributed by atoms with van der Waals surface area (Å²) in [5, 5.41) is 5.49. The Bertz CT molecular complexity index is 153. The highest BCUT2D eigenvalue weighted by molar-refractivity contribution is 8.02. The number of nitrogens with one attached hydrogen (secondary N) is 1. The van der Waals surface area contributed by atoms with Gasteiger partial charge in [-0.25, -0.2) is 0 Å². The second-order valence-electron chi connectivity index (χ2n) is 4.78. The van der Waals surface area contributed by atoms with E-state index in [9.17, 15) is 0 Å². The van der Waals surface area contributed by atoms with Crippen LogP contribution in [0.3, 0.4) is 0 Å². The van der Waals surface area contributed by atoms with Gasteiger partial charge in [-0.15, -0.1) is 0 Å². The van der Waals surface area contributed by atoms with Crippen molar-refractivity contribution in [3.8, 4) is 0 Å². The summed E-state index contributed by atoms with van der Waals surface area (Å²) in [6.45, 7) is 8.25. The summed E-state index contributed by atoms with van der Waals surface area (Å²) in [7, 11) is 0. The SMILES string of the molecule is CC(C)(C)C1NCC2CC1S2. The number of hydrogen-bond donors (Lipinski definition) is 1. The Balaban J connectivity index is 2.03. The summed E-state index contributed by atoms with van der Waals surface area (Å²) in [4.78, 5) is 0. The molecule has 3 fully saturated rings. The monoisotopic (exact) mass is 171 g/mol. The van der Waals surface area contributed by atoms with Gasteiger partial charge in [0.1, 0.15) is 0 Å². The number of thioether (sulfide) groups is 1. The predicted octanol–water partition coefficient (Wildman–Crippen LogP) is 1.88. The molecule has 0 aromatic carbocycles. The summed E-state index contributed by atoms with van der Waals surface area (Å²) in [6, 6.07) is 0.748. The fraction of sp³-hybridized carbons (Fsp3) is 1.00. The lowest BCUT2D eigenvalue weighted by Gasteiger charge is -2.51. The zero-order valence-corrected chi connectivity index (χ0v) is 8.37. The highest BCUT2D eigenvalue weighted by Crippen LogP contribution is 2.45. The van der Waals surface area contributed by atoms with E-state index >= 15 is 0 Å². The maximum atomic E-state index is 3.64. The van der Waals surface area contributed by atoms with Gasteiger partial charge >= 0.3 is 0 Å². The third-order valence-corrected chi connectivity index (χ3v) is 4.29. The van der Waals surface area contributed by atoms with Gasteiger partial charge in [-0.2, -0.15) is 11.8 Å². The van der Waals surface area contributed by atoms with Gasteiger partial charge in [0.15, 0.2) is 0 Å². The number of piperidine rings is 1. The first-order valence-electron chi connectivity index (χ1n) is 4.46. The van der Waals surface area contributed by atoms with Crippen molar-refractivity contribution in [3.05, 3.63) is 0 Å². The molecule has 3 aliphatic rings. The average molecular weight is 171 g/mol. The van der Waals surface area contributed by atoms with Crippen LogP contribution in [0.25, 0.3) is 0 Å². The minimum Gasteiger partial charge on any atom is -0.311 e. The molecule has 0 spiro atoms. The molecule has 3 unspecified atom stereocenters. The first-order valence-corrected chi connectivity index (χ1v) is 5.40. The Labute approximate surface area is 73.3 Å². The number of fused-ring (bicyclic) bond motifs is 2. The molecule has 2 bridgehead atoms. The van der Waals surface area contributed by atoms with Gasteiger partial charge in [-0.3, -0.25) is 0 Å². The van der Waals surface area contributed by atoms with Crippen molar-refractivity contribution < 1.29 is 0 Å². The molecule has 1 nitrogen and oxygen atoms in total. The van der Waals surface area contributed by atoms with Gasteiger partial charge in [-0.1, -0.05) is 20.8 Å². The molecule has 11 heavy (non-hydrogen) atoms. The molecule has 1 N–H and O–H groups in total. The van der Waals surface area contributed by atoms with E-state index in [-0.39, 0.29) is 0 Å². The summed E-state index contributed by atoms with van der Waals surface area (Å²) >= 11 is 2.19. The van der Waals surface area contributed by atoms with Crippen LogP contribution in [0.2, 0.25) is 0 Å². The van der Waals surface area contributed by atoms with Crippen molar-refractivity contribution in [2.45, 2.75) is 43.7 Å². The normalized spacial score (nSPS) is 43.4. The van der Waals surface area contributed by atoms with Gasteiger partial charge in [0.25, 0.3) is 0 Å². The maximum Gasteiger partial charge on any atom is 0.0235 e. The summed E-state index contributed by atoms with van der Waals surface area (Å²) in [6.07, 6.45) is 1.46. The molecular weight excluding hydrogens is 154 g/mol. The van der Waals surface area contributed by atoms with Crippen molar-refractivity contribution in [1.29, 1.82) is 0 Å². The molecule has 0 aromatic rings. The molecule has 0 aromatic heterocycles. The van der Waals surface area contributed by atoms with Crippen molar-refractivity contribution in [2.24, 2.45) is 5.41 Å². The second-order valence-corrected chi connectivity index (χ2v) is 6.33. The molecule has 2 heteroatoms. The average Bonchev–Trinajstić information content (AvgIpc) is 1.84. The first kappa shape index (κ1) is 7.93. The van der Waals surface area contributed by atoms with Crippen LogP contribution in [-0.2, 0) is 0 Å². The minimum absolute atomic E-state index is 0.447. The van der Waals surface area contributed by atoms with Crippen LogP contribution in [0.15, 0.2) is 0 Å². The molecule has 3 aliphatic heterocycles. The largest absolute Gasteiger partial charge is 0.311 e. The van der Waals surface area contributed by atoms with E-state index in [1.54, 1.807) is 0 Å². The number of hydrogen-bond acceptors (Lipinski definition) is 2. The van der Waals surface area contributed by atoms with Crippen molar-refractivity contribution in [2.75, 3.05) is 6.54 Å². The van der Waals surface area contributed by atoms with Crippen molar-refractivity contribution in [1.82, 2.24) is 5.32 Å². The van der Waals surface area contributed by atoms with E-state index < -0.39 is 0 Å². The zero-order valence-electron chi connectivity index (χ0n) is 7.55. The van der Waals surface area contributed by atoms with Gasteiger partial charge < -0.3 is 5.32 Å². The number of rotatable bonds is 0. The van der Waals surface area contributed by atoms with E-state index in [4.69, 9.17) is 0 Å². The van der Waals surface area contributed by atoms with Gasteiger partial charge in [-0.05, 0) is 11.8 Å². The maximum absolute atomic E-state index is 3.64. The van der Waals surface area contributed by atoms with Crippen LogP contribution < -0.4 is 5.32 Å². The Kier molecular flexibility index (Phi) is 1.73.